The van der Waals surface area contributed by atoms with Crippen LogP contribution in [0.25, 0.3) is 0 Å². The molecular weight excluding hydrogens is 376 g/mol. The van der Waals surface area contributed by atoms with E-state index < -0.39 is 0 Å². The Hall–Kier alpha value is -2.12. The third-order valence-electron chi connectivity index (χ3n) is 4.50. The fourth-order valence-corrected chi connectivity index (χ4v) is 4.44. The Bertz CT molecular complexity index is 899. The van der Waals surface area contributed by atoms with Crippen molar-refractivity contribution in [2.75, 3.05) is 5.75 Å². The molecular formula is C20H22N4OS2. The minimum atomic E-state index is 0.0192. The summed E-state index contributed by atoms with van der Waals surface area (Å²) in [4.78, 5) is 13.5. The summed E-state index contributed by atoms with van der Waals surface area (Å²) in [5.41, 5.74) is 2.33. The number of nitrogens with one attached hydrogen (secondary N) is 1. The summed E-state index contributed by atoms with van der Waals surface area (Å²) in [5.74, 6) is 1.38. The number of benzene rings is 1. The zero-order valence-corrected chi connectivity index (χ0v) is 16.9. The first-order valence-electron chi connectivity index (χ1n) is 9.10. The number of nitrogens with zero attached hydrogens (tertiary/aromatic N) is 3. The Morgan fingerprint density at radius 2 is 2.07 bits per heavy atom. The van der Waals surface area contributed by atoms with Gasteiger partial charge in [0.25, 0.3) is 0 Å². The molecule has 7 heteroatoms. The van der Waals surface area contributed by atoms with Gasteiger partial charge in [-0.2, -0.15) is 0 Å². The molecule has 0 spiro atoms. The molecule has 1 fully saturated rings. The summed E-state index contributed by atoms with van der Waals surface area (Å²) in [6, 6.07) is 12.9. The standard InChI is InChI=1S/C20H22N4OS2/c1-14-4-6-15(7-5-14)12-21-19(25)13-27-20-23-22-18(24(20)16-8-9-16)11-17-3-2-10-26-17/h2-7,10,16H,8-9,11-13H2,1H3,(H,21,25). The Kier molecular flexibility index (Phi) is 5.59. The lowest BCUT2D eigenvalue weighted by molar-refractivity contribution is -0.118. The van der Waals surface area contributed by atoms with Crippen LogP contribution in [0.5, 0.6) is 0 Å². The topological polar surface area (TPSA) is 59.8 Å². The van der Waals surface area contributed by atoms with Gasteiger partial charge in [0.2, 0.25) is 5.91 Å². The number of hydrogen-bond donors (Lipinski definition) is 1. The highest BCUT2D eigenvalue weighted by Gasteiger charge is 2.29. The van der Waals surface area contributed by atoms with Crippen LogP contribution in [-0.2, 0) is 17.8 Å². The van der Waals surface area contributed by atoms with E-state index in [9.17, 15) is 4.79 Å². The van der Waals surface area contributed by atoms with Crippen molar-refractivity contribution in [3.63, 3.8) is 0 Å². The molecule has 27 heavy (non-hydrogen) atoms. The van der Waals surface area contributed by atoms with Crippen LogP contribution in [0.15, 0.2) is 46.9 Å². The van der Waals surface area contributed by atoms with Crippen LogP contribution in [0.1, 0.15) is 40.7 Å². The molecule has 1 amide bonds. The lowest BCUT2D eigenvalue weighted by Crippen LogP contribution is -2.24. The van der Waals surface area contributed by atoms with Crippen LogP contribution in [0.3, 0.4) is 0 Å². The number of thiophene rings is 1. The smallest absolute Gasteiger partial charge is 0.230 e. The zero-order valence-electron chi connectivity index (χ0n) is 15.2. The average Bonchev–Trinajstić information content (AvgIpc) is 3.22. The van der Waals surface area contributed by atoms with Crippen molar-refractivity contribution in [2.45, 2.75) is 43.9 Å². The third-order valence-corrected chi connectivity index (χ3v) is 6.32. The van der Waals surface area contributed by atoms with Crippen molar-refractivity contribution in [1.82, 2.24) is 20.1 Å². The van der Waals surface area contributed by atoms with Gasteiger partial charge in [0.15, 0.2) is 5.16 Å². The van der Waals surface area contributed by atoms with Crippen LogP contribution in [0.4, 0.5) is 0 Å². The van der Waals surface area contributed by atoms with Crippen LogP contribution in [0.2, 0.25) is 0 Å². The van der Waals surface area contributed by atoms with Gasteiger partial charge >= 0.3 is 0 Å². The number of carbonyl (C=O) groups excluding carboxylic acids is 1. The van der Waals surface area contributed by atoms with E-state index in [2.05, 4.69) is 56.7 Å². The summed E-state index contributed by atoms with van der Waals surface area (Å²) in [7, 11) is 0. The highest BCUT2D eigenvalue weighted by atomic mass is 32.2. The Morgan fingerprint density at radius 1 is 1.26 bits per heavy atom. The predicted molar refractivity (Wildman–Crippen MR) is 109 cm³/mol. The van der Waals surface area contributed by atoms with Crippen molar-refractivity contribution in [2.24, 2.45) is 0 Å². The van der Waals surface area contributed by atoms with E-state index in [1.807, 2.05) is 12.1 Å². The molecule has 1 aliphatic carbocycles. The van der Waals surface area contributed by atoms with Crippen LogP contribution in [-0.4, -0.2) is 26.4 Å². The molecule has 2 heterocycles. The first-order chi connectivity index (χ1) is 13.2. The van der Waals surface area contributed by atoms with Gasteiger partial charge in [0.1, 0.15) is 5.82 Å². The van der Waals surface area contributed by atoms with E-state index in [1.54, 1.807) is 11.3 Å². The quantitative estimate of drug-likeness (QED) is 0.583. The lowest BCUT2D eigenvalue weighted by atomic mass is 10.1. The summed E-state index contributed by atoms with van der Waals surface area (Å²) in [5, 5.41) is 14.7. The highest BCUT2D eigenvalue weighted by Crippen LogP contribution is 2.39. The maximum Gasteiger partial charge on any atom is 0.230 e. The molecule has 5 nitrogen and oxygen atoms in total. The largest absolute Gasteiger partial charge is 0.351 e. The van der Waals surface area contributed by atoms with Gasteiger partial charge in [-0.1, -0.05) is 47.7 Å². The number of hydrogen-bond acceptors (Lipinski definition) is 5. The zero-order chi connectivity index (χ0) is 18.6. The fourth-order valence-electron chi connectivity index (χ4n) is 2.88. The molecule has 1 saturated carbocycles. The van der Waals surface area contributed by atoms with Crippen molar-refractivity contribution in [3.8, 4) is 0 Å². The van der Waals surface area contributed by atoms with E-state index in [4.69, 9.17) is 0 Å². The van der Waals surface area contributed by atoms with Crippen LogP contribution < -0.4 is 5.32 Å². The second-order valence-electron chi connectivity index (χ2n) is 6.81. The van der Waals surface area contributed by atoms with Gasteiger partial charge in [-0.15, -0.1) is 21.5 Å². The first-order valence-corrected chi connectivity index (χ1v) is 11.0. The normalized spacial score (nSPS) is 13.7. The SMILES string of the molecule is Cc1ccc(CNC(=O)CSc2nnc(Cc3cccs3)n2C2CC2)cc1. The lowest BCUT2D eigenvalue weighted by Gasteiger charge is -2.09. The molecule has 3 aromatic rings. The minimum absolute atomic E-state index is 0.0192. The van der Waals surface area contributed by atoms with Gasteiger partial charge in [-0.05, 0) is 36.8 Å². The number of rotatable bonds is 8. The van der Waals surface area contributed by atoms with Gasteiger partial charge in [0.05, 0.1) is 5.75 Å². The maximum absolute atomic E-state index is 12.2. The van der Waals surface area contributed by atoms with E-state index in [0.29, 0.717) is 18.3 Å². The Balaban J connectivity index is 1.34. The molecule has 1 aromatic carbocycles. The molecule has 2 aromatic heterocycles. The molecule has 0 saturated heterocycles. The Labute approximate surface area is 167 Å². The second-order valence-corrected chi connectivity index (χ2v) is 8.78. The van der Waals surface area contributed by atoms with E-state index in [0.717, 1.165) is 23.0 Å². The number of amides is 1. The van der Waals surface area contributed by atoms with E-state index in [1.165, 1.54) is 35.0 Å². The molecule has 1 aliphatic rings. The van der Waals surface area contributed by atoms with E-state index >= 15 is 0 Å². The number of aryl methyl sites for hydroxylation is 1. The van der Waals surface area contributed by atoms with Crippen molar-refractivity contribution in [1.29, 1.82) is 0 Å². The van der Waals surface area contributed by atoms with Gasteiger partial charge in [-0.3, -0.25) is 4.79 Å². The van der Waals surface area contributed by atoms with Gasteiger partial charge in [0, 0.05) is 23.9 Å². The van der Waals surface area contributed by atoms with Gasteiger partial charge in [-0.25, -0.2) is 0 Å². The van der Waals surface area contributed by atoms with Crippen LogP contribution >= 0.6 is 23.1 Å². The Morgan fingerprint density at radius 3 is 2.78 bits per heavy atom. The summed E-state index contributed by atoms with van der Waals surface area (Å²) >= 11 is 3.21. The number of aromatic nitrogens is 3. The summed E-state index contributed by atoms with van der Waals surface area (Å²) < 4.78 is 2.23. The molecule has 0 unspecified atom stereocenters. The molecule has 0 radical (unpaired) electrons. The fraction of sp³-hybridized carbons (Fsp3) is 0.350. The number of carbonyl (C=O) groups is 1. The van der Waals surface area contributed by atoms with Crippen molar-refractivity contribution >= 4 is 29.0 Å². The first kappa shape index (κ1) is 18.3. The third kappa shape index (κ3) is 4.78. The maximum atomic E-state index is 12.2. The molecule has 0 atom stereocenters. The molecule has 4 rings (SSSR count). The second kappa shape index (κ2) is 8.27. The molecule has 140 valence electrons. The molecule has 0 bridgehead atoms. The minimum Gasteiger partial charge on any atom is -0.351 e. The van der Waals surface area contributed by atoms with Gasteiger partial charge < -0.3 is 9.88 Å². The number of thioether (sulfide) groups is 1. The van der Waals surface area contributed by atoms with E-state index in [-0.39, 0.29) is 5.91 Å². The van der Waals surface area contributed by atoms with Crippen molar-refractivity contribution in [3.05, 3.63) is 63.6 Å². The van der Waals surface area contributed by atoms with Crippen molar-refractivity contribution < 1.29 is 4.79 Å². The predicted octanol–water partition coefficient (Wildman–Crippen LogP) is 3.98. The summed E-state index contributed by atoms with van der Waals surface area (Å²) in [6.07, 6.45) is 3.15. The monoisotopic (exact) mass is 398 g/mol. The summed E-state index contributed by atoms with van der Waals surface area (Å²) in [6.45, 7) is 2.61. The average molecular weight is 399 g/mol. The highest BCUT2D eigenvalue weighted by molar-refractivity contribution is 7.99. The van der Waals surface area contributed by atoms with Crippen LogP contribution in [0, 0.1) is 6.92 Å². The molecule has 1 N–H and O–H groups in total. The molecule has 0 aliphatic heterocycles.